The third-order valence-corrected chi connectivity index (χ3v) is 6.29. The third kappa shape index (κ3) is 3.71. The second-order valence-electron chi connectivity index (χ2n) is 6.17. The number of hydrogen-bond donors (Lipinski definition) is 1. The van der Waals surface area contributed by atoms with Crippen LogP contribution < -0.4 is 5.73 Å². The fourth-order valence-corrected chi connectivity index (χ4v) is 4.84. The van der Waals surface area contributed by atoms with Gasteiger partial charge >= 0.3 is 0 Å². The van der Waals surface area contributed by atoms with Crippen LogP contribution in [0.5, 0.6) is 0 Å². The van der Waals surface area contributed by atoms with Crippen LogP contribution in [0.1, 0.15) is 26.2 Å². The van der Waals surface area contributed by atoms with Gasteiger partial charge in [0.05, 0.1) is 18.1 Å². The van der Waals surface area contributed by atoms with Crippen LogP contribution in [0.4, 0.5) is 0 Å². The number of hydrogen-bond acceptors (Lipinski definition) is 5. The van der Waals surface area contributed by atoms with Gasteiger partial charge in [-0.15, -0.1) is 0 Å². The van der Waals surface area contributed by atoms with Gasteiger partial charge in [-0.1, -0.05) is 0 Å². The second kappa shape index (κ2) is 5.99. The Balaban J connectivity index is 1.88. The molecule has 2 aliphatic heterocycles. The van der Waals surface area contributed by atoms with Crippen molar-refractivity contribution in [3.63, 3.8) is 0 Å². The van der Waals surface area contributed by atoms with E-state index in [2.05, 4.69) is 11.8 Å². The van der Waals surface area contributed by atoms with Crippen LogP contribution in [0.25, 0.3) is 0 Å². The quantitative estimate of drug-likeness (QED) is 0.756. The van der Waals surface area contributed by atoms with Crippen LogP contribution in [0.3, 0.4) is 0 Å². The normalized spacial score (nSPS) is 34.0. The predicted molar refractivity (Wildman–Crippen MR) is 78.1 cm³/mol. The van der Waals surface area contributed by atoms with Crippen molar-refractivity contribution in [2.45, 2.75) is 44.3 Å². The lowest BCUT2D eigenvalue weighted by molar-refractivity contribution is -0.133. The Morgan fingerprint density at radius 3 is 2.65 bits per heavy atom. The Bertz CT molecular complexity index is 465. The van der Waals surface area contributed by atoms with Crippen LogP contribution in [0.2, 0.25) is 0 Å². The molecule has 2 rings (SSSR count). The van der Waals surface area contributed by atoms with Crippen molar-refractivity contribution in [1.29, 1.82) is 0 Å². The van der Waals surface area contributed by atoms with Gasteiger partial charge in [0.15, 0.2) is 9.84 Å². The lowest BCUT2D eigenvalue weighted by atomic mass is 9.99. The van der Waals surface area contributed by atoms with E-state index >= 15 is 0 Å². The maximum atomic E-state index is 12.3. The summed E-state index contributed by atoms with van der Waals surface area (Å²) in [7, 11) is -1.23. The number of carbonyl (C=O) groups excluding carboxylic acids is 1. The van der Waals surface area contributed by atoms with Crippen molar-refractivity contribution in [3.8, 4) is 0 Å². The first kappa shape index (κ1) is 15.7. The molecule has 2 saturated heterocycles. The molecule has 0 aromatic rings. The van der Waals surface area contributed by atoms with Crippen LogP contribution in [-0.2, 0) is 14.6 Å². The lowest BCUT2D eigenvalue weighted by Gasteiger charge is -2.37. The molecule has 3 unspecified atom stereocenters. The van der Waals surface area contributed by atoms with Gasteiger partial charge in [0.2, 0.25) is 5.91 Å². The maximum absolute atomic E-state index is 12.3. The SMILES string of the molecule is CC1CC(N)CCN1CC(=O)N(C)C1CCS(=O)(=O)C1. The fourth-order valence-electron chi connectivity index (χ4n) is 3.06. The average Bonchev–Trinajstić information content (AvgIpc) is 2.72. The van der Waals surface area contributed by atoms with E-state index in [0.29, 0.717) is 19.0 Å². The Hall–Kier alpha value is -0.660. The highest BCUT2D eigenvalue weighted by molar-refractivity contribution is 7.91. The maximum Gasteiger partial charge on any atom is 0.236 e. The molecule has 0 aromatic heterocycles. The molecule has 7 heteroatoms. The highest BCUT2D eigenvalue weighted by Crippen LogP contribution is 2.19. The van der Waals surface area contributed by atoms with E-state index in [4.69, 9.17) is 5.73 Å². The van der Waals surface area contributed by atoms with Crippen molar-refractivity contribution in [1.82, 2.24) is 9.80 Å². The van der Waals surface area contributed by atoms with Crippen LogP contribution in [0, 0.1) is 0 Å². The van der Waals surface area contributed by atoms with Crippen LogP contribution in [-0.4, -0.2) is 73.9 Å². The third-order valence-electron chi connectivity index (χ3n) is 4.54. The zero-order valence-corrected chi connectivity index (χ0v) is 13.1. The zero-order valence-electron chi connectivity index (χ0n) is 12.3. The largest absolute Gasteiger partial charge is 0.341 e. The van der Waals surface area contributed by atoms with E-state index in [9.17, 15) is 13.2 Å². The number of carbonyl (C=O) groups is 1. The van der Waals surface area contributed by atoms with E-state index in [-0.39, 0.29) is 29.5 Å². The van der Waals surface area contributed by atoms with Crippen molar-refractivity contribution in [3.05, 3.63) is 0 Å². The molecule has 0 spiro atoms. The summed E-state index contributed by atoms with van der Waals surface area (Å²) in [6, 6.07) is 0.382. The van der Waals surface area contributed by atoms with Crippen molar-refractivity contribution < 1.29 is 13.2 Å². The first-order valence-electron chi connectivity index (χ1n) is 7.24. The van der Waals surface area contributed by atoms with E-state index < -0.39 is 9.84 Å². The van der Waals surface area contributed by atoms with Gasteiger partial charge in [-0.25, -0.2) is 8.42 Å². The molecule has 3 atom stereocenters. The molecular formula is C13H25N3O3S. The summed E-state index contributed by atoms with van der Waals surface area (Å²) in [5, 5.41) is 0. The molecule has 0 saturated carbocycles. The number of nitrogens with two attached hydrogens (primary N) is 1. The van der Waals surface area contributed by atoms with Gasteiger partial charge in [0.1, 0.15) is 0 Å². The molecule has 2 N–H and O–H groups in total. The molecule has 2 fully saturated rings. The minimum absolute atomic E-state index is 0.00872. The topological polar surface area (TPSA) is 83.7 Å². The molecule has 1 amide bonds. The average molecular weight is 303 g/mol. The summed E-state index contributed by atoms with van der Waals surface area (Å²) in [5.41, 5.74) is 5.92. The molecule has 6 nitrogen and oxygen atoms in total. The zero-order chi connectivity index (χ0) is 14.9. The molecule has 2 aliphatic rings. The minimum Gasteiger partial charge on any atom is -0.341 e. The monoisotopic (exact) mass is 303 g/mol. The molecule has 0 bridgehead atoms. The number of sulfone groups is 1. The Labute approximate surface area is 121 Å². The summed E-state index contributed by atoms with van der Waals surface area (Å²) in [4.78, 5) is 16.1. The van der Waals surface area contributed by atoms with Gasteiger partial charge in [-0.05, 0) is 26.2 Å². The lowest BCUT2D eigenvalue weighted by Crippen LogP contribution is -2.50. The minimum atomic E-state index is -2.95. The summed E-state index contributed by atoms with van der Waals surface area (Å²) < 4.78 is 23.0. The number of piperidine rings is 1. The van der Waals surface area contributed by atoms with Crippen molar-refractivity contribution in [2.75, 3.05) is 31.6 Å². The standard InChI is InChI=1S/C13H25N3O3S/c1-10-7-11(14)3-5-16(10)8-13(17)15(2)12-4-6-20(18,19)9-12/h10-12H,3-9,14H2,1-2H3. The Kier molecular flexibility index (Phi) is 4.71. The number of likely N-dealkylation sites (N-methyl/N-ethyl adjacent to an activating group) is 1. The first-order valence-corrected chi connectivity index (χ1v) is 9.06. The smallest absolute Gasteiger partial charge is 0.236 e. The Morgan fingerprint density at radius 2 is 2.10 bits per heavy atom. The molecule has 0 radical (unpaired) electrons. The molecule has 116 valence electrons. The number of likely N-dealkylation sites (tertiary alicyclic amines) is 1. The summed E-state index contributed by atoms with van der Waals surface area (Å²) >= 11 is 0. The Morgan fingerprint density at radius 1 is 1.40 bits per heavy atom. The van der Waals surface area contributed by atoms with Gasteiger partial charge in [-0.2, -0.15) is 0 Å². The van der Waals surface area contributed by atoms with Crippen molar-refractivity contribution >= 4 is 15.7 Å². The van der Waals surface area contributed by atoms with E-state index in [1.807, 2.05) is 0 Å². The van der Waals surface area contributed by atoms with Gasteiger partial charge in [-0.3, -0.25) is 9.69 Å². The van der Waals surface area contributed by atoms with Crippen molar-refractivity contribution in [2.24, 2.45) is 5.73 Å². The molecular weight excluding hydrogens is 278 g/mol. The van der Waals surface area contributed by atoms with Crippen LogP contribution >= 0.6 is 0 Å². The first-order chi connectivity index (χ1) is 9.28. The fraction of sp³-hybridized carbons (Fsp3) is 0.923. The summed E-state index contributed by atoms with van der Waals surface area (Å²) in [6.07, 6.45) is 2.39. The highest BCUT2D eigenvalue weighted by atomic mass is 32.2. The number of nitrogens with zero attached hydrogens (tertiary/aromatic N) is 2. The predicted octanol–water partition coefficient (Wildman–Crippen LogP) is -0.556. The second-order valence-corrected chi connectivity index (χ2v) is 8.39. The van der Waals surface area contributed by atoms with Crippen LogP contribution in [0.15, 0.2) is 0 Å². The van der Waals surface area contributed by atoms with E-state index in [1.54, 1.807) is 11.9 Å². The van der Waals surface area contributed by atoms with Gasteiger partial charge in [0, 0.05) is 31.7 Å². The summed E-state index contributed by atoms with van der Waals surface area (Å²) in [6.45, 7) is 3.29. The summed E-state index contributed by atoms with van der Waals surface area (Å²) in [5.74, 6) is 0.314. The van der Waals surface area contributed by atoms with E-state index in [1.165, 1.54) is 0 Å². The number of rotatable bonds is 3. The molecule has 2 heterocycles. The van der Waals surface area contributed by atoms with E-state index in [0.717, 1.165) is 19.4 Å². The number of amides is 1. The molecule has 0 aromatic carbocycles. The van der Waals surface area contributed by atoms with Gasteiger partial charge < -0.3 is 10.6 Å². The molecule has 20 heavy (non-hydrogen) atoms. The highest BCUT2D eigenvalue weighted by Gasteiger charge is 2.34. The van der Waals surface area contributed by atoms with Gasteiger partial charge in [0.25, 0.3) is 0 Å². The molecule has 0 aliphatic carbocycles.